The molecule has 2 rings (SSSR count). The van der Waals surface area contributed by atoms with Gasteiger partial charge in [-0.25, -0.2) is 9.97 Å². The lowest BCUT2D eigenvalue weighted by molar-refractivity contribution is -0.137. The third-order valence-electron chi connectivity index (χ3n) is 2.34. The van der Waals surface area contributed by atoms with Crippen LogP contribution in [0.1, 0.15) is 6.42 Å². The molecule has 6 nitrogen and oxygen atoms in total. The van der Waals surface area contributed by atoms with Crippen LogP contribution in [0.3, 0.4) is 0 Å². The average molecular weight is 260 g/mol. The van der Waals surface area contributed by atoms with E-state index in [2.05, 4.69) is 9.97 Å². The topological polar surface area (TPSA) is 92.5 Å². The Bertz CT molecular complexity index is 552. The van der Waals surface area contributed by atoms with Crippen molar-refractivity contribution in [3.05, 3.63) is 36.7 Å². The third kappa shape index (κ3) is 3.67. The van der Waals surface area contributed by atoms with Crippen molar-refractivity contribution >= 4 is 5.97 Å². The van der Waals surface area contributed by atoms with Crippen LogP contribution < -0.4 is 4.74 Å². The van der Waals surface area contributed by atoms with Crippen LogP contribution in [0.15, 0.2) is 36.7 Å². The number of benzene rings is 1. The molecule has 0 saturated carbocycles. The highest BCUT2D eigenvalue weighted by Crippen LogP contribution is 2.19. The molecule has 19 heavy (non-hydrogen) atoms. The van der Waals surface area contributed by atoms with Gasteiger partial charge in [0, 0.05) is 5.56 Å². The number of phenolic OH excluding ortho intramolecular Hbond substituents is 1. The van der Waals surface area contributed by atoms with Gasteiger partial charge in [0.05, 0.1) is 25.4 Å². The lowest BCUT2D eigenvalue weighted by atomic mass is 10.2. The van der Waals surface area contributed by atoms with Crippen molar-refractivity contribution in [1.29, 1.82) is 0 Å². The molecule has 0 aliphatic carbocycles. The van der Waals surface area contributed by atoms with Crippen LogP contribution in [0.2, 0.25) is 0 Å². The van der Waals surface area contributed by atoms with Crippen molar-refractivity contribution in [2.75, 3.05) is 6.61 Å². The summed E-state index contributed by atoms with van der Waals surface area (Å²) in [5.41, 5.74) is 0.773. The molecule has 0 bridgehead atoms. The van der Waals surface area contributed by atoms with Gasteiger partial charge in [0.2, 0.25) is 0 Å². The molecule has 2 N–H and O–H groups in total. The number of carbonyl (C=O) groups is 1. The largest absolute Gasteiger partial charge is 0.508 e. The van der Waals surface area contributed by atoms with Crippen molar-refractivity contribution in [2.24, 2.45) is 0 Å². The number of carboxylic acids is 1. The van der Waals surface area contributed by atoms with E-state index in [0.717, 1.165) is 5.56 Å². The Morgan fingerprint density at radius 2 is 1.79 bits per heavy atom. The molecule has 1 aromatic carbocycles. The van der Waals surface area contributed by atoms with Gasteiger partial charge in [-0.2, -0.15) is 0 Å². The van der Waals surface area contributed by atoms with Crippen molar-refractivity contribution < 1.29 is 19.7 Å². The number of nitrogens with zero attached hydrogens (tertiary/aromatic N) is 2. The lowest BCUT2D eigenvalue weighted by Gasteiger charge is -2.04. The summed E-state index contributed by atoms with van der Waals surface area (Å²) in [5, 5.41) is 17.7. The van der Waals surface area contributed by atoms with E-state index >= 15 is 0 Å². The van der Waals surface area contributed by atoms with Crippen LogP contribution in [0, 0.1) is 0 Å². The van der Waals surface area contributed by atoms with E-state index in [9.17, 15) is 9.90 Å². The predicted molar refractivity (Wildman–Crippen MR) is 66.9 cm³/mol. The Hall–Kier alpha value is -2.63. The molecule has 6 heteroatoms. The van der Waals surface area contributed by atoms with Gasteiger partial charge in [-0.3, -0.25) is 4.79 Å². The van der Waals surface area contributed by atoms with Crippen LogP contribution >= 0.6 is 0 Å². The second-order valence-corrected chi connectivity index (χ2v) is 3.78. The van der Waals surface area contributed by atoms with Crippen molar-refractivity contribution in [3.8, 4) is 22.9 Å². The highest BCUT2D eigenvalue weighted by atomic mass is 16.5. The van der Waals surface area contributed by atoms with Crippen molar-refractivity contribution in [2.45, 2.75) is 6.42 Å². The molecule has 0 fully saturated rings. The summed E-state index contributed by atoms with van der Waals surface area (Å²) in [6, 6.07) is 6.51. The molecule has 0 atom stereocenters. The summed E-state index contributed by atoms with van der Waals surface area (Å²) in [6.45, 7) is 0.0806. The van der Waals surface area contributed by atoms with Crippen LogP contribution in [-0.2, 0) is 4.79 Å². The first-order chi connectivity index (χ1) is 9.15. The maximum Gasteiger partial charge on any atom is 0.306 e. The molecule has 0 saturated heterocycles. The molecule has 0 amide bonds. The van der Waals surface area contributed by atoms with Crippen molar-refractivity contribution in [3.63, 3.8) is 0 Å². The smallest absolute Gasteiger partial charge is 0.306 e. The van der Waals surface area contributed by atoms with Crippen molar-refractivity contribution in [1.82, 2.24) is 9.97 Å². The number of rotatable bonds is 5. The second kappa shape index (κ2) is 5.81. The first-order valence-corrected chi connectivity index (χ1v) is 5.61. The predicted octanol–water partition coefficient (Wildman–Crippen LogP) is 1.70. The Balaban J connectivity index is 2.02. The van der Waals surface area contributed by atoms with Gasteiger partial charge in [-0.1, -0.05) is 0 Å². The Morgan fingerprint density at radius 1 is 1.16 bits per heavy atom. The Kier molecular flexibility index (Phi) is 3.92. The third-order valence-corrected chi connectivity index (χ3v) is 2.34. The van der Waals surface area contributed by atoms with Crippen LogP contribution in [0.4, 0.5) is 0 Å². The molecule has 2 aromatic rings. The lowest BCUT2D eigenvalue weighted by Crippen LogP contribution is -2.05. The zero-order valence-electron chi connectivity index (χ0n) is 9.98. The number of ether oxygens (including phenoxy) is 1. The van der Waals surface area contributed by atoms with E-state index in [-0.39, 0.29) is 18.8 Å². The summed E-state index contributed by atoms with van der Waals surface area (Å²) in [4.78, 5) is 18.5. The fraction of sp³-hybridized carbons (Fsp3) is 0.154. The molecule has 1 heterocycles. The molecule has 0 aliphatic rings. The van der Waals surface area contributed by atoms with Gasteiger partial charge in [0.15, 0.2) is 11.6 Å². The Labute approximate surface area is 109 Å². The molecule has 0 unspecified atom stereocenters. The minimum atomic E-state index is -0.915. The van der Waals surface area contributed by atoms with Gasteiger partial charge in [0.25, 0.3) is 0 Å². The van der Waals surface area contributed by atoms with E-state index in [1.807, 2.05) is 0 Å². The summed E-state index contributed by atoms with van der Waals surface area (Å²) in [5.74, 6) is 0.188. The summed E-state index contributed by atoms with van der Waals surface area (Å²) in [6.07, 6.45) is 2.90. The van der Waals surface area contributed by atoms with Gasteiger partial charge in [-0.05, 0) is 24.3 Å². The van der Waals surface area contributed by atoms with E-state index in [0.29, 0.717) is 11.6 Å². The maximum absolute atomic E-state index is 10.3. The molecule has 0 spiro atoms. The first-order valence-electron chi connectivity index (χ1n) is 5.61. The standard InChI is InChI=1S/C13H12N2O4/c16-10-3-1-9(2-4-10)13-14-7-11(8-15-13)19-6-5-12(17)18/h1-4,7-8,16H,5-6H2,(H,17,18). The molecular formula is C13H12N2O4. The highest BCUT2D eigenvalue weighted by Gasteiger charge is 2.03. The minimum absolute atomic E-state index is 0.0697. The summed E-state index contributed by atoms with van der Waals surface area (Å²) in [7, 11) is 0. The number of aromatic hydroxyl groups is 1. The van der Waals surface area contributed by atoms with Crippen LogP contribution in [-0.4, -0.2) is 32.8 Å². The SMILES string of the molecule is O=C(O)CCOc1cnc(-c2ccc(O)cc2)nc1. The van der Waals surface area contributed by atoms with E-state index in [4.69, 9.17) is 9.84 Å². The number of carboxylic acid groups (broad SMARTS) is 1. The number of aliphatic carboxylic acids is 1. The molecule has 0 radical (unpaired) electrons. The monoisotopic (exact) mass is 260 g/mol. The molecule has 0 aliphatic heterocycles. The van der Waals surface area contributed by atoms with Gasteiger partial charge >= 0.3 is 5.97 Å². The normalized spacial score (nSPS) is 10.1. The number of aromatic nitrogens is 2. The van der Waals surface area contributed by atoms with Gasteiger partial charge in [0.1, 0.15) is 5.75 Å². The minimum Gasteiger partial charge on any atom is -0.508 e. The van der Waals surface area contributed by atoms with E-state index < -0.39 is 5.97 Å². The fourth-order valence-corrected chi connectivity index (χ4v) is 1.41. The fourth-order valence-electron chi connectivity index (χ4n) is 1.41. The quantitative estimate of drug-likeness (QED) is 0.850. The highest BCUT2D eigenvalue weighted by molar-refractivity contribution is 5.66. The molecule has 1 aromatic heterocycles. The molecule has 98 valence electrons. The second-order valence-electron chi connectivity index (χ2n) is 3.78. The maximum atomic E-state index is 10.3. The molecular weight excluding hydrogens is 248 g/mol. The van der Waals surface area contributed by atoms with E-state index in [1.54, 1.807) is 24.3 Å². The number of hydrogen-bond donors (Lipinski definition) is 2. The summed E-state index contributed by atoms with van der Waals surface area (Å²) < 4.78 is 5.18. The average Bonchev–Trinajstić information content (AvgIpc) is 2.40. The number of hydrogen-bond acceptors (Lipinski definition) is 5. The number of phenols is 1. The van der Waals surface area contributed by atoms with Gasteiger partial charge < -0.3 is 14.9 Å². The van der Waals surface area contributed by atoms with Crippen LogP contribution in [0.5, 0.6) is 11.5 Å². The summed E-state index contributed by atoms with van der Waals surface area (Å²) >= 11 is 0. The van der Waals surface area contributed by atoms with Crippen LogP contribution in [0.25, 0.3) is 11.4 Å². The first kappa shape index (κ1) is 12.8. The van der Waals surface area contributed by atoms with Gasteiger partial charge in [-0.15, -0.1) is 0 Å². The van der Waals surface area contributed by atoms with E-state index in [1.165, 1.54) is 12.4 Å². The zero-order valence-corrected chi connectivity index (χ0v) is 9.98. The Morgan fingerprint density at radius 3 is 2.37 bits per heavy atom. The zero-order chi connectivity index (χ0) is 13.7.